The predicted octanol–water partition coefficient (Wildman–Crippen LogP) is 4.60. The highest BCUT2D eigenvalue weighted by Gasteiger charge is 2.20. The van der Waals surface area contributed by atoms with E-state index in [9.17, 15) is 4.79 Å². The van der Waals surface area contributed by atoms with E-state index in [-0.39, 0.29) is 34.7 Å². The number of carbonyl (C=O) groups is 1. The van der Waals surface area contributed by atoms with Gasteiger partial charge >= 0.3 is 0 Å². The van der Waals surface area contributed by atoms with Crippen molar-refractivity contribution in [1.82, 2.24) is 4.90 Å². The van der Waals surface area contributed by atoms with Gasteiger partial charge in [0.2, 0.25) is 0 Å². The Kier molecular flexibility index (Phi) is 4.83. The van der Waals surface area contributed by atoms with Crippen molar-refractivity contribution >= 4 is 34.8 Å². The fourth-order valence-electron chi connectivity index (χ4n) is 2.27. The fraction of sp³-hybridized carbons (Fsp3) is 0.118. The van der Waals surface area contributed by atoms with E-state index in [1.807, 2.05) is 0 Å². The van der Waals surface area contributed by atoms with Gasteiger partial charge in [0.25, 0.3) is 5.91 Å². The molecule has 5 nitrogen and oxygen atoms in total. The van der Waals surface area contributed by atoms with Crippen LogP contribution in [0.1, 0.15) is 21.9 Å². The maximum atomic E-state index is 12.9. The molecule has 2 aromatic heterocycles. The molecule has 0 saturated heterocycles. The van der Waals surface area contributed by atoms with E-state index >= 15 is 0 Å². The SMILES string of the molecule is Nc1c(Cl)cc(C(=O)N(Cc2ccco2)Cc2ccco2)cc1Cl. The van der Waals surface area contributed by atoms with Crippen LogP contribution in [0.15, 0.2) is 57.8 Å². The molecule has 0 aliphatic carbocycles. The van der Waals surface area contributed by atoms with Crippen LogP contribution >= 0.6 is 23.2 Å². The molecular formula is C17H14Cl2N2O3. The molecule has 1 amide bonds. The van der Waals surface area contributed by atoms with E-state index in [1.54, 1.807) is 41.7 Å². The predicted molar refractivity (Wildman–Crippen MR) is 91.9 cm³/mol. The number of rotatable bonds is 5. The summed E-state index contributed by atoms with van der Waals surface area (Å²) in [5, 5.41) is 0.476. The number of benzene rings is 1. The summed E-state index contributed by atoms with van der Waals surface area (Å²) < 4.78 is 10.7. The van der Waals surface area contributed by atoms with Gasteiger partial charge in [-0.3, -0.25) is 4.79 Å². The van der Waals surface area contributed by atoms with Gasteiger partial charge in [-0.1, -0.05) is 23.2 Å². The molecule has 0 fully saturated rings. The Hall–Kier alpha value is -2.37. The van der Waals surface area contributed by atoms with E-state index in [2.05, 4.69) is 0 Å². The summed E-state index contributed by atoms with van der Waals surface area (Å²) in [6, 6.07) is 10.1. The van der Waals surface area contributed by atoms with Crippen molar-refractivity contribution in [1.29, 1.82) is 0 Å². The van der Waals surface area contributed by atoms with Crippen LogP contribution in [-0.4, -0.2) is 10.8 Å². The number of hydrogen-bond donors (Lipinski definition) is 1. The van der Waals surface area contributed by atoms with Crippen molar-refractivity contribution in [2.75, 3.05) is 5.73 Å². The van der Waals surface area contributed by atoms with Gasteiger partial charge in [-0.15, -0.1) is 0 Å². The molecule has 0 bridgehead atoms. The molecule has 0 atom stereocenters. The summed E-state index contributed by atoms with van der Waals surface area (Å²) in [4.78, 5) is 14.5. The molecule has 2 heterocycles. The first-order valence-electron chi connectivity index (χ1n) is 7.13. The zero-order valence-electron chi connectivity index (χ0n) is 12.5. The molecule has 3 aromatic rings. The van der Waals surface area contributed by atoms with Gasteiger partial charge in [0.15, 0.2) is 0 Å². The van der Waals surface area contributed by atoms with Crippen LogP contribution in [0.25, 0.3) is 0 Å². The highest BCUT2D eigenvalue weighted by atomic mass is 35.5. The standard InChI is InChI=1S/C17H14Cl2N2O3/c18-14-7-11(8-15(19)16(14)20)17(22)21(9-12-3-1-5-23-12)10-13-4-2-6-24-13/h1-8H,9-10,20H2. The third-order valence-corrected chi connectivity index (χ3v) is 4.09. The summed E-state index contributed by atoms with van der Waals surface area (Å²) in [5.41, 5.74) is 6.32. The smallest absolute Gasteiger partial charge is 0.254 e. The Morgan fingerprint density at radius 1 is 1.00 bits per heavy atom. The fourth-order valence-corrected chi connectivity index (χ4v) is 2.76. The maximum absolute atomic E-state index is 12.9. The molecule has 24 heavy (non-hydrogen) atoms. The molecule has 2 N–H and O–H groups in total. The number of furan rings is 2. The van der Waals surface area contributed by atoms with Crippen LogP contribution in [0, 0.1) is 0 Å². The number of hydrogen-bond acceptors (Lipinski definition) is 4. The third-order valence-electron chi connectivity index (χ3n) is 3.47. The number of halogens is 2. The van der Waals surface area contributed by atoms with Crippen molar-refractivity contribution in [3.05, 3.63) is 76.1 Å². The number of anilines is 1. The Balaban J connectivity index is 1.90. The zero-order chi connectivity index (χ0) is 17.1. The van der Waals surface area contributed by atoms with Gasteiger partial charge in [0.05, 0.1) is 41.3 Å². The van der Waals surface area contributed by atoms with Crippen LogP contribution in [-0.2, 0) is 13.1 Å². The lowest BCUT2D eigenvalue weighted by molar-refractivity contribution is 0.0705. The third kappa shape index (κ3) is 3.58. The second-order valence-electron chi connectivity index (χ2n) is 5.17. The van der Waals surface area contributed by atoms with E-state index in [0.717, 1.165) is 0 Å². The Morgan fingerprint density at radius 3 is 1.92 bits per heavy atom. The molecule has 3 rings (SSSR count). The van der Waals surface area contributed by atoms with Crippen molar-refractivity contribution in [3.8, 4) is 0 Å². The number of nitrogens with two attached hydrogens (primary N) is 1. The molecule has 124 valence electrons. The first kappa shape index (κ1) is 16.5. The first-order chi connectivity index (χ1) is 11.5. The second-order valence-corrected chi connectivity index (χ2v) is 5.99. The summed E-state index contributed by atoms with van der Waals surface area (Å²) in [7, 11) is 0. The van der Waals surface area contributed by atoms with Crippen LogP contribution in [0.3, 0.4) is 0 Å². The Labute approximate surface area is 148 Å². The zero-order valence-corrected chi connectivity index (χ0v) is 14.1. The number of amides is 1. The minimum Gasteiger partial charge on any atom is -0.467 e. The van der Waals surface area contributed by atoms with Crippen LogP contribution in [0.5, 0.6) is 0 Å². The molecule has 1 aromatic carbocycles. The lowest BCUT2D eigenvalue weighted by Gasteiger charge is -2.21. The van der Waals surface area contributed by atoms with Gasteiger partial charge in [-0.05, 0) is 36.4 Å². The minimum absolute atomic E-state index is 0.238. The highest BCUT2D eigenvalue weighted by Crippen LogP contribution is 2.29. The quantitative estimate of drug-likeness (QED) is 0.671. The molecule has 0 radical (unpaired) electrons. The topological polar surface area (TPSA) is 72.6 Å². The number of nitrogen functional groups attached to an aromatic ring is 1. The van der Waals surface area contributed by atoms with E-state index < -0.39 is 0 Å². The largest absolute Gasteiger partial charge is 0.467 e. The van der Waals surface area contributed by atoms with Gasteiger partial charge in [0.1, 0.15) is 11.5 Å². The molecule has 7 heteroatoms. The molecule has 0 aliphatic rings. The summed E-state index contributed by atoms with van der Waals surface area (Å²) in [6.07, 6.45) is 3.11. The monoisotopic (exact) mass is 364 g/mol. The second kappa shape index (κ2) is 7.03. The Morgan fingerprint density at radius 2 is 1.50 bits per heavy atom. The Bertz CT molecular complexity index is 770. The van der Waals surface area contributed by atoms with Crippen molar-refractivity contribution in [3.63, 3.8) is 0 Å². The normalized spacial score (nSPS) is 10.8. The van der Waals surface area contributed by atoms with Gasteiger partial charge < -0.3 is 19.5 Å². The van der Waals surface area contributed by atoms with Crippen LogP contribution < -0.4 is 5.73 Å². The molecular weight excluding hydrogens is 351 g/mol. The lowest BCUT2D eigenvalue weighted by Crippen LogP contribution is -2.30. The van der Waals surface area contributed by atoms with Gasteiger partial charge in [-0.25, -0.2) is 0 Å². The number of nitrogens with zero attached hydrogens (tertiary/aromatic N) is 1. The number of carbonyl (C=O) groups excluding carboxylic acids is 1. The molecule has 0 saturated carbocycles. The average molecular weight is 365 g/mol. The molecule has 0 unspecified atom stereocenters. The molecule has 0 aliphatic heterocycles. The summed E-state index contributed by atoms with van der Waals surface area (Å²) in [5.74, 6) is 1.05. The van der Waals surface area contributed by atoms with Gasteiger partial charge in [-0.2, -0.15) is 0 Å². The maximum Gasteiger partial charge on any atom is 0.254 e. The van der Waals surface area contributed by atoms with Crippen molar-refractivity contribution < 1.29 is 13.6 Å². The van der Waals surface area contributed by atoms with Crippen molar-refractivity contribution in [2.45, 2.75) is 13.1 Å². The van der Waals surface area contributed by atoms with Gasteiger partial charge in [0, 0.05) is 5.56 Å². The molecule has 0 spiro atoms. The summed E-state index contributed by atoms with van der Waals surface area (Å²) in [6.45, 7) is 0.568. The van der Waals surface area contributed by atoms with E-state index in [1.165, 1.54) is 12.1 Å². The first-order valence-corrected chi connectivity index (χ1v) is 7.88. The van der Waals surface area contributed by atoms with Crippen LogP contribution in [0.4, 0.5) is 5.69 Å². The average Bonchev–Trinajstić information content (AvgIpc) is 3.24. The minimum atomic E-state index is -0.258. The lowest BCUT2D eigenvalue weighted by atomic mass is 10.1. The highest BCUT2D eigenvalue weighted by molar-refractivity contribution is 6.39. The summed E-state index contributed by atoms with van der Waals surface area (Å²) >= 11 is 12.1. The van der Waals surface area contributed by atoms with E-state index in [4.69, 9.17) is 37.8 Å². The van der Waals surface area contributed by atoms with Crippen LogP contribution in [0.2, 0.25) is 10.0 Å². The van der Waals surface area contributed by atoms with E-state index in [0.29, 0.717) is 17.1 Å². The van der Waals surface area contributed by atoms with Crippen molar-refractivity contribution in [2.24, 2.45) is 0 Å².